The average molecular weight is 281 g/mol. The van der Waals surface area contributed by atoms with Gasteiger partial charge in [0.25, 0.3) is 0 Å². The molecule has 0 aliphatic carbocycles. The van der Waals surface area contributed by atoms with Gasteiger partial charge in [-0.3, -0.25) is 4.79 Å². The Hall–Kier alpha value is -1.91. The zero-order chi connectivity index (χ0) is 14.5. The molecule has 0 aromatic heterocycles. The number of sulfonamides is 1. The van der Waals surface area contributed by atoms with Crippen LogP contribution < -0.4 is 10.0 Å². The van der Waals surface area contributed by atoms with E-state index in [1.165, 1.54) is 31.2 Å². The van der Waals surface area contributed by atoms with Crippen LogP contribution in [0.25, 0.3) is 0 Å². The Morgan fingerprint density at radius 2 is 1.95 bits per heavy atom. The van der Waals surface area contributed by atoms with E-state index in [2.05, 4.69) is 10.0 Å². The molecule has 7 heteroatoms. The molecule has 0 fully saturated rings. The van der Waals surface area contributed by atoms with Gasteiger partial charge in [-0.05, 0) is 31.2 Å². The van der Waals surface area contributed by atoms with E-state index in [-0.39, 0.29) is 17.2 Å². The van der Waals surface area contributed by atoms with Crippen molar-refractivity contribution in [1.82, 2.24) is 4.72 Å². The number of carbonyl (C=O) groups is 1. The summed E-state index contributed by atoms with van der Waals surface area (Å²) in [6.07, 6.45) is 0.100. The number of amides is 1. The fourth-order valence-electron chi connectivity index (χ4n) is 1.43. The molecule has 1 rings (SSSR count). The molecule has 19 heavy (non-hydrogen) atoms. The first kappa shape index (κ1) is 15.1. The van der Waals surface area contributed by atoms with E-state index < -0.39 is 16.1 Å². The maximum atomic E-state index is 11.9. The average Bonchev–Trinajstić information content (AvgIpc) is 2.28. The van der Waals surface area contributed by atoms with E-state index in [1.54, 1.807) is 6.92 Å². The normalized spacial score (nSPS) is 12.5. The topological polar surface area (TPSA) is 99.1 Å². The molecule has 0 aliphatic heterocycles. The largest absolute Gasteiger partial charge is 0.326 e. The minimum Gasteiger partial charge on any atom is -0.326 e. The summed E-state index contributed by atoms with van der Waals surface area (Å²) in [6, 6.07) is 7.24. The molecule has 0 spiro atoms. The highest BCUT2D eigenvalue weighted by Gasteiger charge is 2.16. The van der Waals surface area contributed by atoms with Crippen LogP contribution in [0.4, 0.5) is 5.69 Å². The molecule has 0 aliphatic rings. The summed E-state index contributed by atoms with van der Waals surface area (Å²) in [5, 5.41) is 11.0. The smallest absolute Gasteiger partial charge is 0.240 e. The maximum absolute atomic E-state index is 11.9. The maximum Gasteiger partial charge on any atom is 0.240 e. The van der Waals surface area contributed by atoms with Crippen LogP contribution in [-0.4, -0.2) is 20.4 Å². The summed E-state index contributed by atoms with van der Waals surface area (Å²) < 4.78 is 26.3. The second kappa shape index (κ2) is 6.31. The Balaban J connectivity index is 2.85. The molecule has 1 aromatic carbocycles. The van der Waals surface area contributed by atoms with Crippen molar-refractivity contribution >= 4 is 21.6 Å². The first-order valence-corrected chi connectivity index (χ1v) is 7.10. The SMILES string of the molecule is CC(=O)Nc1ccc(S(=O)(=O)NC(C)CC#N)cc1. The fourth-order valence-corrected chi connectivity index (χ4v) is 2.68. The molecule has 0 saturated heterocycles. The van der Waals surface area contributed by atoms with Crippen LogP contribution in [0.5, 0.6) is 0 Å². The molecule has 6 nitrogen and oxygen atoms in total. The van der Waals surface area contributed by atoms with Gasteiger partial charge in [0.15, 0.2) is 0 Å². The van der Waals surface area contributed by atoms with E-state index in [0.29, 0.717) is 5.69 Å². The molecule has 102 valence electrons. The van der Waals surface area contributed by atoms with Gasteiger partial charge in [-0.2, -0.15) is 5.26 Å². The Kier molecular flexibility index (Phi) is 5.03. The minimum absolute atomic E-state index is 0.0893. The highest BCUT2D eigenvalue weighted by molar-refractivity contribution is 7.89. The molecule has 0 bridgehead atoms. The molecule has 0 heterocycles. The van der Waals surface area contributed by atoms with Gasteiger partial charge in [-0.25, -0.2) is 13.1 Å². The van der Waals surface area contributed by atoms with Crippen molar-refractivity contribution in [2.45, 2.75) is 31.2 Å². The Morgan fingerprint density at radius 1 is 1.37 bits per heavy atom. The number of carbonyl (C=O) groups excluding carboxylic acids is 1. The van der Waals surface area contributed by atoms with Crippen LogP contribution in [0.3, 0.4) is 0 Å². The van der Waals surface area contributed by atoms with Gasteiger partial charge in [-0.1, -0.05) is 0 Å². The second-order valence-electron chi connectivity index (χ2n) is 4.09. The molecule has 1 amide bonds. The second-order valence-corrected chi connectivity index (χ2v) is 5.80. The third kappa shape index (κ3) is 4.69. The van der Waals surface area contributed by atoms with Crippen molar-refractivity contribution in [3.8, 4) is 6.07 Å². The predicted molar refractivity (Wildman–Crippen MR) is 70.8 cm³/mol. The summed E-state index contributed by atoms with van der Waals surface area (Å²) in [5.41, 5.74) is 0.525. The Labute approximate surface area is 112 Å². The van der Waals surface area contributed by atoms with Crippen molar-refractivity contribution in [3.63, 3.8) is 0 Å². The molecular formula is C12H15N3O3S. The number of rotatable bonds is 5. The van der Waals surface area contributed by atoms with Crippen LogP contribution in [0.2, 0.25) is 0 Å². The summed E-state index contributed by atoms with van der Waals surface area (Å²) >= 11 is 0. The van der Waals surface area contributed by atoms with Crippen LogP contribution >= 0.6 is 0 Å². The first-order chi connectivity index (χ1) is 8.85. The molecule has 0 radical (unpaired) electrons. The highest BCUT2D eigenvalue weighted by atomic mass is 32.2. The number of nitrogens with one attached hydrogen (secondary N) is 2. The Morgan fingerprint density at radius 3 is 2.42 bits per heavy atom. The minimum atomic E-state index is -3.64. The lowest BCUT2D eigenvalue weighted by molar-refractivity contribution is -0.114. The van der Waals surface area contributed by atoms with E-state index in [4.69, 9.17) is 5.26 Å². The zero-order valence-electron chi connectivity index (χ0n) is 10.7. The zero-order valence-corrected chi connectivity index (χ0v) is 11.5. The summed E-state index contributed by atoms with van der Waals surface area (Å²) in [5.74, 6) is -0.226. The summed E-state index contributed by atoms with van der Waals surface area (Å²) in [7, 11) is -3.64. The van der Waals surface area contributed by atoms with Crippen molar-refractivity contribution in [2.75, 3.05) is 5.32 Å². The summed E-state index contributed by atoms with van der Waals surface area (Å²) in [6.45, 7) is 2.99. The number of anilines is 1. The van der Waals surface area contributed by atoms with E-state index >= 15 is 0 Å². The number of nitrogens with zero attached hydrogens (tertiary/aromatic N) is 1. The first-order valence-electron chi connectivity index (χ1n) is 5.62. The van der Waals surface area contributed by atoms with Gasteiger partial charge < -0.3 is 5.32 Å². The van der Waals surface area contributed by atoms with Crippen LogP contribution in [0.1, 0.15) is 20.3 Å². The number of nitriles is 1. The molecule has 1 aromatic rings. The van der Waals surface area contributed by atoms with Gasteiger partial charge in [0.2, 0.25) is 15.9 Å². The van der Waals surface area contributed by atoms with E-state index in [9.17, 15) is 13.2 Å². The van der Waals surface area contributed by atoms with Crippen LogP contribution in [0.15, 0.2) is 29.2 Å². The molecular weight excluding hydrogens is 266 g/mol. The highest BCUT2D eigenvalue weighted by Crippen LogP contribution is 2.14. The molecule has 0 saturated carbocycles. The standard InChI is InChI=1S/C12H15N3O3S/c1-9(7-8-13)15-19(17,18)12-5-3-11(4-6-12)14-10(2)16/h3-6,9,15H,7H2,1-2H3,(H,14,16). The lowest BCUT2D eigenvalue weighted by Gasteiger charge is -2.11. The third-order valence-electron chi connectivity index (χ3n) is 2.24. The lowest BCUT2D eigenvalue weighted by atomic mass is 10.3. The van der Waals surface area contributed by atoms with Gasteiger partial charge in [-0.15, -0.1) is 0 Å². The van der Waals surface area contributed by atoms with E-state index in [0.717, 1.165) is 0 Å². The quantitative estimate of drug-likeness (QED) is 0.847. The van der Waals surface area contributed by atoms with Gasteiger partial charge in [0.1, 0.15) is 0 Å². The summed E-state index contributed by atoms with van der Waals surface area (Å²) in [4.78, 5) is 10.9. The van der Waals surface area contributed by atoms with Crippen molar-refractivity contribution in [3.05, 3.63) is 24.3 Å². The van der Waals surface area contributed by atoms with Gasteiger partial charge >= 0.3 is 0 Å². The lowest BCUT2D eigenvalue weighted by Crippen LogP contribution is -2.32. The van der Waals surface area contributed by atoms with Crippen LogP contribution in [-0.2, 0) is 14.8 Å². The number of benzene rings is 1. The van der Waals surface area contributed by atoms with Crippen molar-refractivity contribution in [1.29, 1.82) is 5.26 Å². The predicted octanol–water partition coefficient (Wildman–Crippen LogP) is 1.23. The molecule has 1 atom stereocenters. The Bertz CT molecular complexity index is 588. The molecule has 1 unspecified atom stereocenters. The van der Waals surface area contributed by atoms with Gasteiger partial charge in [0, 0.05) is 18.7 Å². The fraction of sp³-hybridized carbons (Fsp3) is 0.333. The number of hydrogen-bond acceptors (Lipinski definition) is 4. The van der Waals surface area contributed by atoms with Crippen molar-refractivity contribution in [2.24, 2.45) is 0 Å². The van der Waals surface area contributed by atoms with E-state index in [1.807, 2.05) is 6.07 Å². The van der Waals surface area contributed by atoms with Crippen LogP contribution in [0, 0.1) is 11.3 Å². The van der Waals surface area contributed by atoms with Crippen molar-refractivity contribution < 1.29 is 13.2 Å². The third-order valence-corrected chi connectivity index (χ3v) is 3.84. The monoisotopic (exact) mass is 281 g/mol. The number of hydrogen-bond donors (Lipinski definition) is 2. The molecule has 2 N–H and O–H groups in total. The van der Waals surface area contributed by atoms with Gasteiger partial charge in [0.05, 0.1) is 17.4 Å².